The van der Waals surface area contributed by atoms with Gasteiger partial charge in [0.2, 0.25) is 0 Å². The van der Waals surface area contributed by atoms with Gasteiger partial charge in [-0.25, -0.2) is 0 Å². The molecule has 1 N–H and O–H groups in total. The number of hydrogen-bond donors (Lipinski definition) is 1. The minimum atomic E-state index is 0.558. The molecule has 118 valence electrons. The summed E-state index contributed by atoms with van der Waals surface area (Å²) in [5.74, 6) is 3.84. The third kappa shape index (κ3) is 3.89. The van der Waals surface area contributed by atoms with Gasteiger partial charge >= 0.3 is 0 Å². The third-order valence-electron chi connectivity index (χ3n) is 5.11. The Balaban J connectivity index is 1.57. The minimum absolute atomic E-state index is 0.558. The van der Waals surface area contributed by atoms with E-state index in [1.165, 1.54) is 38.0 Å². The average Bonchev–Trinajstić information content (AvgIpc) is 3.02. The number of nitrogens with one attached hydrogen (secondary N) is 1. The zero-order valence-electron chi connectivity index (χ0n) is 13.8. The first-order valence-corrected chi connectivity index (χ1v) is 8.69. The van der Waals surface area contributed by atoms with Crippen LogP contribution < -0.4 is 5.32 Å². The topological polar surface area (TPSA) is 28.4 Å². The van der Waals surface area contributed by atoms with Crippen molar-refractivity contribution >= 4 is 0 Å². The summed E-state index contributed by atoms with van der Waals surface area (Å²) < 4.78 is 6.09. The first-order chi connectivity index (χ1) is 10.1. The first kappa shape index (κ1) is 15.1. The summed E-state index contributed by atoms with van der Waals surface area (Å²) in [5.41, 5.74) is 0. The molecule has 0 bridgehead atoms. The summed E-state index contributed by atoms with van der Waals surface area (Å²) in [4.78, 5) is 2.54. The van der Waals surface area contributed by atoms with Crippen molar-refractivity contribution in [3.63, 3.8) is 0 Å². The molecule has 0 radical (unpaired) electrons. The van der Waals surface area contributed by atoms with E-state index in [0.29, 0.717) is 18.0 Å². The van der Waals surface area contributed by atoms with Crippen LogP contribution >= 0.6 is 0 Å². The van der Waals surface area contributed by atoms with Crippen LogP contribution in [0.15, 0.2) is 16.5 Å². The molecular weight excluding hydrogens is 260 g/mol. The Kier molecular flexibility index (Phi) is 4.70. The maximum Gasteiger partial charge on any atom is 0.118 e. The molecule has 2 aliphatic rings. The van der Waals surface area contributed by atoms with Gasteiger partial charge < -0.3 is 9.73 Å². The highest BCUT2D eigenvalue weighted by atomic mass is 16.3. The standard InChI is InChI=1S/C18H30N2O/c1-13(2)20(11-15-6-4-5-9-19-15)12-16-7-8-18(21-16)17-10-14(17)3/h7-8,13-15,17,19H,4-6,9-12H2,1-3H3. The van der Waals surface area contributed by atoms with Crippen molar-refractivity contribution < 1.29 is 4.42 Å². The normalized spacial score (nSPS) is 29.3. The van der Waals surface area contributed by atoms with E-state index in [9.17, 15) is 0 Å². The van der Waals surface area contributed by atoms with Crippen molar-refractivity contribution in [1.82, 2.24) is 10.2 Å². The fraction of sp³-hybridized carbons (Fsp3) is 0.778. The largest absolute Gasteiger partial charge is 0.464 e. The molecule has 1 aromatic heterocycles. The Labute approximate surface area is 129 Å². The van der Waals surface area contributed by atoms with Crippen LogP contribution in [0.25, 0.3) is 0 Å². The van der Waals surface area contributed by atoms with Gasteiger partial charge in [-0.1, -0.05) is 13.3 Å². The van der Waals surface area contributed by atoms with Crippen LogP contribution in [0, 0.1) is 5.92 Å². The van der Waals surface area contributed by atoms with Crippen LogP contribution in [0.2, 0.25) is 0 Å². The van der Waals surface area contributed by atoms with E-state index in [1.807, 2.05) is 0 Å². The molecule has 0 aromatic carbocycles. The Morgan fingerprint density at radius 3 is 2.76 bits per heavy atom. The van der Waals surface area contributed by atoms with Crippen LogP contribution in [0.5, 0.6) is 0 Å². The molecule has 1 aromatic rings. The summed E-state index contributed by atoms with van der Waals surface area (Å²) in [6.45, 7) is 10.1. The van der Waals surface area contributed by atoms with E-state index in [0.717, 1.165) is 24.8 Å². The van der Waals surface area contributed by atoms with E-state index < -0.39 is 0 Å². The van der Waals surface area contributed by atoms with Gasteiger partial charge in [-0.3, -0.25) is 4.90 Å². The quantitative estimate of drug-likeness (QED) is 0.865. The van der Waals surface area contributed by atoms with Gasteiger partial charge in [0.25, 0.3) is 0 Å². The highest BCUT2D eigenvalue weighted by Gasteiger charge is 2.36. The van der Waals surface area contributed by atoms with Crippen molar-refractivity contribution in [2.45, 2.75) is 71.0 Å². The number of nitrogens with zero attached hydrogens (tertiary/aromatic N) is 1. The predicted molar refractivity (Wildman–Crippen MR) is 86.4 cm³/mol. The lowest BCUT2D eigenvalue weighted by molar-refractivity contribution is 0.164. The van der Waals surface area contributed by atoms with Crippen LogP contribution in [0.4, 0.5) is 0 Å². The molecule has 3 nitrogen and oxygen atoms in total. The lowest BCUT2D eigenvalue weighted by Gasteiger charge is -2.32. The fourth-order valence-corrected chi connectivity index (χ4v) is 3.42. The molecular formula is C18H30N2O. The van der Waals surface area contributed by atoms with Crippen molar-refractivity contribution in [1.29, 1.82) is 0 Å². The number of hydrogen-bond acceptors (Lipinski definition) is 3. The van der Waals surface area contributed by atoms with Crippen LogP contribution in [0.3, 0.4) is 0 Å². The monoisotopic (exact) mass is 290 g/mol. The Bertz CT molecular complexity index is 448. The zero-order valence-corrected chi connectivity index (χ0v) is 13.8. The van der Waals surface area contributed by atoms with Gasteiger partial charge in [0.1, 0.15) is 11.5 Å². The number of rotatable bonds is 6. The highest BCUT2D eigenvalue weighted by Crippen LogP contribution is 2.47. The number of furan rings is 1. The summed E-state index contributed by atoms with van der Waals surface area (Å²) in [7, 11) is 0. The van der Waals surface area contributed by atoms with Gasteiger partial charge in [-0.15, -0.1) is 0 Å². The van der Waals surface area contributed by atoms with Gasteiger partial charge in [-0.2, -0.15) is 0 Å². The molecule has 2 heterocycles. The highest BCUT2D eigenvalue weighted by molar-refractivity contribution is 5.17. The van der Waals surface area contributed by atoms with Crippen molar-refractivity contribution in [2.75, 3.05) is 13.1 Å². The third-order valence-corrected chi connectivity index (χ3v) is 5.11. The molecule has 1 saturated heterocycles. The van der Waals surface area contributed by atoms with E-state index >= 15 is 0 Å². The summed E-state index contributed by atoms with van der Waals surface area (Å²) in [6.07, 6.45) is 5.31. The SMILES string of the molecule is CC1CC1c1ccc(CN(CC2CCCCN2)C(C)C)o1. The van der Waals surface area contributed by atoms with Crippen molar-refractivity contribution in [3.8, 4) is 0 Å². The maximum absolute atomic E-state index is 6.09. The second kappa shape index (κ2) is 6.53. The molecule has 3 rings (SSSR count). The lowest BCUT2D eigenvalue weighted by atomic mass is 10.0. The number of piperidine rings is 1. The van der Waals surface area contributed by atoms with E-state index in [4.69, 9.17) is 4.42 Å². The fourth-order valence-electron chi connectivity index (χ4n) is 3.42. The molecule has 1 aliphatic carbocycles. The Morgan fingerprint density at radius 1 is 1.33 bits per heavy atom. The molecule has 21 heavy (non-hydrogen) atoms. The second-order valence-electron chi connectivity index (χ2n) is 7.29. The average molecular weight is 290 g/mol. The minimum Gasteiger partial charge on any atom is -0.464 e. The van der Waals surface area contributed by atoms with Gasteiger partial charge in [-0.05, 0) is 57.7 Å². The summed E-state index contributed by atoms with van der Waals surface area (Å²) in [6, 6.07) is 5.59. The lowest BCUT2D eigenvalue weighted by Crippen LogP contribution is -2.45. The molecule has 3 unspecified atom stereocenters. The summed E-state index contributed by atoms with van der Waals surface area (Å²) in [5, 5.41) is 3.66. The second-order valence-corrected chi connectivity index (χ2v) is 7.29. The summed E-state index contributed by atoms with van der Waals surface area (Å²) >= 11 is 0. The van der Waals surface area contributed by atoms with Crippen molar-refractivity contribution in [3.05, 3.63) is 23.7 Å². The van der Waals surface area contributed by atoms with Crippen LogP contribution in [-0.2, 0) is 6.54 Å². The predicted octanol–water partition coefficient (Wildman–Crippen LogP) is 3.76. The molecule has 3 heteroatoms. The molecule has 2 fully saturated rings. The van der Waals surface area contributed by atoms with Crippen LogP contribution in [-0.4, -0.2) is 30.1 Å². The molecule has 3 atom stereocenters. The van der Waals surface area contributed by atoms with E-state index in [2.05, 4.69) is 43.1 Å². The van der Waals surface area contributed by atoms with Crippen LogP contribution in [0.1, 0.15) is 63.9 Å². The zero-order chi connectivity index (χ0) is 14.8. The van der Waals surface area contributed by atoms with E-state index in [1.54, 1.807) is 0 Å². The van der Waals surface area contributed by atoms with Gasteiger partial charge in [0, 0.05) is 24.5 Å². The Hall–Kier alpha value is -0.800. The van der Waals surface area contributed by atoms with E-state index in [-0.39, 0.29) is 0 Å². The molecule has 1 saturated carbocycles. The smallest absolute Gasteiger partial charge is 0.118 e. The van der Waals surface area contributed by atoms with Crippen molar-refractivity contribution in [2.24, 2.45) is 5.92 Å². The molecule has 1 aliphatic heterocycles. The Morgan fingerprint density at radius 2 is 2.14 bits per heavy atom. The molecule has 0 amide bonds. The van der Waals surface area contributed by atoms with Gasteiger partial charge in [0.05, 0.1) is 6.54 Å². The first-order valence-electron chi connectivity index (χ1n) is 8.69. The van der Waals surface area contributed by atoms with Gasteiger partial charge in [0.15, 0.2) is 0 Å². The molecule has 0 spiro atoms. The maximum atomic E-state index is 6.09.